The van der Waals surface area contributed by atoms with Gasteiger partial charge in [0, 0.05) is 23.7 Å². The van der Waals surface area contributed by atoms with Crippen molar-refractivity contribution in [2.75, 3.05) is 19.8 Å². The lowest BCUT2D eigenvalue weighted by Gasteiger charge is -2.46. The summed E-state index contributed by atoms with van der Waals surface area (Å²) >= 11 is 0. The van der Waals surface area contributed by atoms with Crippen LogP contribution in [0.15, 0.2) is 24.3 Å². The monoisotopic (exact) mass is 440 g/mol. The second-order valence-electron chi connectivity index (χ2n) is 9.52. The molecular formula is C22H36N2O7. The van der Waals surface area contributed by atoms with Gasteiger partial charge in [0.15, 0.2) is 6.10 Å². The summed E-state index contributed by atoms with van der Waals surface area (Å²) in [7, 11) is 0. The van der Waals surface area contributed by atoms with Gasteiger partial charge < -0.3 is 24.7 Å². The van der Waals surface area contributed by atoms with Gasteiger partial charge in [0.05, 0.1) is 0 Å². The van der Waals surface area contributed by atoms with Crippen LogP contribution in [0.25, 0.3) is 0 Å². The number of hydrogen-bond donors (Lipinski definition) is 3. The molecule has 0 heterocycles. The summed E-state index contributed by atoms with van der Waals surface area (Å²) in [5.74, 6) is -1.28. The average Bonchev–Trinajstić information content (AvgIpc) is 2.66. The normalized spacial score (nSPS) is 22.4. The predicted molar refractivity (Wildman–Crippen MR) is 114 cm³/mol. The Balaban J connectivity index is 2.69. The minimum absolute atomic E-state index is 0.00494. The van der Waals surface area contributed by atoms with Crippen molar-refractivity contribution >= 4 is 18.0 Å². The first-order chi connectivity index (χ1) is 14.3. The molecule has 9 nitrogen and oxygen atoms in total. The predicted octanol–water partition coefficient (Wildman–Crippen LogP) is 2.88. The van der Waals surface area contributed by atoms with Gasteiger partial charge in [0.1, 0.15) is 13.2 Å². The van der Waals surface area contributed by atoms with Gasteiger partial charge in [-0.3, -0.25) is 0 Å². The van der Waals surface area contributed by atoms with Crippen molar-refractivity contribution in [1.29, 1.82) is 0 Å². The molecule has 1 aliphatic rings. The first-order valence-electron chi connectivity index (χ1n) is 10.3. The van der Waals surface area contributed by atoms with Crippen LogP contribution in [-0.2, 0) is 23.8 Å². The van der Waals surface area contributed by atoms with E-state index in [1.807, 2.05) is 6.92 Å². The molecule has 0 aliphatic heterocycles. The zero-order valence-electron chi connectivity index (χ0n) is 19.2. The van der Waals surface area contributed by atoms with Crippen LogP contribution in [0.3, 0.4) is 0 Å². The van der Waals surface area contributed by atoms with Crippen molar-refractivity contribution < 1.29 is 33.8 Å². The van der Waals surface area contributed by atoms with Crippen molar-refractivity contribution in [3.63, 3.8) is 0 Å². The van der Waals surface area contributed by atoms with E-state index in [0.717, 1.165) is 12.8 Å². The Morgan fingerprint density at radius 2 is 1.55 bits per heavy atom. The summed E-state index contributed by atoms with van der Waals surface area (Å²) in [5.41, 5.74) is 2.49. The van der Waals surface area contributed by atoms with Gasteiger partial charge in [-0.25, -0.2) is 19.9 Å². The van der Waals surface area contributed by atoms with Crippen LogP contribution in [-0.4, -0.2) is 55.1 Å². The van der Waals surface area contributed by atoms with Gasteiger partial charge in [0.2, 0.25) is 0 Å². The number of amides is 1. The molecule has 0 spiro atoms. The maximum atomic E-state index is 12.4. The molecule has 1 rings (SSSR count). The van der Waals surface area contributed by atoms with Crippen LogP contribution in [0.4, 0.5) is 4.79 Å². The Bertz CT molecular complexity index is 674. The number of hydrogen-bond acceptors (Lipinski definition) is 8. The Labute approximate surface area is 184 Å². The van der Waals surface area contributed by atoms with Crippen LogP contribution in [0, 0.1) is 10.8 Å². The molecule has 1 saturated carbocycles. The van der Waals surface area contributed by atoms with E-state index in [1.165, 1.54) is 13.8 Å². The zero-order valence-corrected chi connectivity index (χ0v) is 19.2. The van der Waals surface area contributed by atoms with E-state index < -0.39 is 24.1 Å². The van der Waals surface area contributed by atoms with Gasteiger partial charge >= 0.3 is 18.0 Å². The molecule has 0 aromatic heterocycles. The second kappa shape index (κ2) is 11.3. The molecule has 3 N–H and O–H groups in total. The molecule has 0 aromatic rings. The number of alkyl carbamates (subject to hydrolysis) is 1. The summed E-state index contributed by atoms with van der Waals surface area (Å²) in [6.45, 7) is 16.0. The van der Waals surface area contributed by atoms with E-state index in [0.29, 0.717) is 13.0 Å². The van der Waals surface area contributed by atoms with E-state index in [2.05, 4.69) is 37.8 Å². The summed E-state index contributed by atoms with van der Waals surface area (Å²) in [6, 6.07) is -0.0672. The minimum Gasteiger partial charge on any atom is -0.458 e. The maximum absolute atomic E-state index is 12.4. The maximum Gasteiger partial charge on any atom is 0.407 e. The van der Waals surface area contributed by atoms with Crippen molar-refractivity contribution in [3.05, 3.63) is 24.3 Å². The molecule has 0 aromatic carbocycles. The fraction of sp³-hybridized carbons (Fsp3) is 0.682. The Kier molecular flexibility index (Phi) is 9.71. The molecule has 1 amide bonds. The van der Waals surface area contributed by atoms with Crippen molar-refractivity contribution in [2.24, 2.45) is 10.8 Å². The first-order valence-corrected chi connectivity index (χ1v) is 10.3. The number of carbonyl (C=O) groups is 3. The van der Waals surface area contributed by atoms with E-state index >= 15 is 0 Å². The highest BCUT2D eigenvalue weighted by molar-refractivity contribution is 5.87. The fourth-order valence-corrected chi connectivity index (χ4v) is 4.04. The third-order valence-electron chi connectivity index (χ3n) is 5.06. The van der Waals surface area contributed by atoms with E-state index in [9.17, 15) is 19.6 Å². The number of carbonyl (C=O) groups excluding carboxylic acids is 3. The van der Waals surface area contributed by atoms with Crippen LogP contribution < -0.4 is 10.8 Å². The van der Waals surface area contributed by atoms with Gasteiger partial charge in [0.25, 0.3) is 0 Å². The number of hydroxylamine groups is 1. The molecular weight excluding hydrogens is 404 g/mol. The third kappa shape index (κ3) is 9.52. The van der Waals surface area contributed by atoms with Crippen LogP contribution in [0.1, 0.15) is 53.9 Å². The van der Waals surface area contributed by atoms with Crippen molar-refractivity contribution in [1.82, 2.24) is 10.8 Å². The van der Waals surface area contributed by atoms with Gasteiger partial charge in [-0.1, -0.05) is 33.9 Å². The quantitative estimate of drug-likeness (QED) is 0.205. The summed E-state index contributed by atoms with van der Waals surface area (Å²) < 4.78 is 15.4. The second-order valence-corrected chi connectivity index (χ2v) is 9.52. The lowest BCUT2D eigenvalue weighted by molar-refractivity contribution is -0.147. The van der Waals surface area contributed by atoms with Crippen molar-refractivity contribution in [2.45, 2.75) is 66.0 Å². The van der Waals surface area contributed by atoms with Crippen LogP contribution in [0.5, 0.6) is 0 Å². The van der Waals surface area contributed by atoms with Crippen molar-refractivity contribution in [3.8, 4) is 0 Å². The van der Waals surface area contributed by atoms with Crippen LogP contribution in [0.2, 0.25) is 0 Å². The molecule has 1 fully saturated rings. The number of esters is 2. The molecule has 2 atom stereocenters. The Morgan fingerprint density at radius 1 is 1.03 bits per heavy atom. The summed E-state index contributed by atoms with van der Waals surface area (Å²) in [4.78, 5) is 35.7. The molecule has 176 valence electrons. The summed E-state index contributed by atoms with van der Waals surface area (Å²) in [6.07, 6.45) is 0.653. The smallest absolute Gasteiger partial charge is 0.407 e. The Morgan fingerprint density at radius 3 is 2.00 bits per heavy atom. The molecule has 0 bridgehead atoms. The van der Waals surface area contributed by atoms with E-state index in [1.54, 1.807) is 0 Å². The zero-order chi connectivity index (χ0) is 23.8. The molecule has 2 unspecified atom stereocenters. The largest absolute Gasteiger partial charge is 0.458 e. The minimum atomic E-state index is -0.992. The molecule has 31 heavy (non-hydrogen) atoms. The van der Waals surface area contributed by atoms with E-state index in [-0.39, 0.29) is 41.2 Å². The van der Waals surface area contributed by atoms with Gasteiger partial charge in [-0.05, 0) is 43.9 Å². The number of rotatable bonds is 10. The third-order valence-corrected chi connectivity index (χ3v) is 5.06. The molecule has 1 aliphatic carbocycles. The lowest BCUT2D eigenvalue weighted by atomic mass is 9.63. The number of ether oxygens (including phenoxy) is 3. The molecule has 0 radical (unpaired) electrons. The fourth-order valence-electron chi connectivity index (χ4n) is 4.04. The molecule has 0 saturated heterocycles. The number of nitrogens with one attached hydrogen (secondary N) is 2. The summed E-state index contributed by atoms with van der Waals surface area (Å²) in [5, 5.41) is 12.1. The average molecular weight is 441 g/mol. The lowest BCUT2D eigenvalue weighted by Crippen LogP contribution is -2.49. The van der Waals surface area contributed by atoms with Gasteiger partial charge in [-0.15, -0.1) is 0 Å². The topological polar surface area (TPSA) is 123 Å². The standard InChI is InChI=1S/C22H36N2O7/c1-14(2)18(25)29-10-17(11-30-19(26)15(3)4)31-20(27)23-13-22(7)9-16(24-28)8-21(5,6)12-22/h16-17,24,28H,1,3,8-13H2,2,4-7H3,(H,23,27). The van der Waals surface area contributed by atoms with Crippen LogP contribution >= 0.6 is 0 Å². The SMILES string of the molecule is C=C(C)C(=O)OCC(COC(=O)C(=C)C)OC(=O)NCC1(C)CC(NO)CC(C)(C)C1. The van der Waals surface area contributed by atoms with E-state index in [4.69, 9.17) is 14.2 Å². The highest BCUT2D eigenvalue weighted by Crippen LogP contribution is 2.45. The Hall–Kier alpha value is -2.39. The highest BCUT2D eigenvalue weighted by atomic mass is 16.6. The molecule has 9 heteroatoms. The van der Waals surface area contributed by atoms with Gasteiger partial charge in [-0.2, -0.15) is 0 Å². The first kappa shape index (κ1) is 26.6. The highest BCUT2D eigenvalue weighted by Gasteiger charge is 2.41.